The van der Waals surface area contributed by atoms with E-state index in [1.54, 1.807) is 13.2 Å². The van der Waals surface area contributed by atoms with Crippen molar-refractivity contribution in [3.8, 4) is 0 Å². The molecule has 4 heteroatoms. The highest BCUT2D eigenvalue weighted by Gasteiger charge is 2.23. The standard InChI is InChI=1S/C12H20N2O2/c1-3-14-6-4-10(5-7-14)12-13-11(8-16-12)9(2)15/h8-10,15H,3-7H2,1-2H3. The van der Waals surface area contributed by atoms with Crippen molar-refractivity contribution in [3.05, 3.63) is 17.8 Å². The van der Waals surface area contributed by atoms with E-state index in [0.29, 0.717) is 11.6 Å². The van der Waals surface area contributed by atoms with Crippen molar-refractivity contribution in [2.24, 2.45) is 0 Å². The van der Waals surface area contributed by atoms with E-state index in [9.17, 15) is 5.11 Å². The van der Waals surface area contributed by atoms with E-state index in [1.165, 1.54) is 0 Å². The summed E-state index contributed by atoms with van der Waals surface area (Å²) in [5.41, 5.74) is 0.646. The average molecular weight is 224 g/mol. The summed E-state index contributed by atoms with van der Waals surface area (Å²) in [7, 11) is 0. The number of likely N-dealkylation sites (tertiary alicyclic amines) is 1. The predicted molar refractivity (Wildman–Crippen MR) is 61.2 cm³/mol. The van der Waals surface area contributed by atoms with Crippen LogP contribution in [-0.2, 0) is 0 Å². The zero-order chi connectivity index (χ0) is 11.5. The number of nitrogens with zero attached hydrogens (tertiary/aromatic N) is 2. The Kier molecular flexibility index (Phi) is 3.61. The molecule has 1 N–H and O–H groups in total. The summed E-state index contributed by atoms with van der Waals surface area (Å²) in [6.07, 6.45) is 3.25. The molecule has 1 unspecified atom stereocenters. The third-order valence-electron chi connectivity index (χ3n) is 3.35. The van der Waals surface area contributed by atoms with Crippen LogP contribution in [0, 0.1) is 0 Å². The lowest BCUT2D eigenvalue weighted by atomic mass is 9.97. The number of aliphatic hydroxyl groups excluding tert-OH is 1. The number of oxazole rings is 1. The minimum atomic E-state index is -0.534. The van der Waals surface area contributed by atoms with Gasteiger partial charge in [-0.25, -0.2) is 4.98 Å². The third kappa shape index (κ3) is 2.44. The Morgan fingerprint density at radius 3 is 2.75 bits per heavy atom. The molecular weight excluding hydrogens is 204 g/mol. The SMILES string of the molecule is CCN1CCC(c2nc(C(C)O)co2)CC1. The van der Waals surface area contributed by atoms with Crippen molar-refractivity contribution in [2.45, 2.75) is 38.7 Å². The zero-order valence-corrected chi connectivity index (χ0v) is 10.0. The van der Waals surface area contributed by atoms with Gasteiger partial charge in [0.2, 0.25) is 0 Å². The van der Waals surface area contributed by atoms with Gasteiger partial charge in [0, 0.05) is 5.92 Å². The second-order valence-electron chi connectivity index (χ2n) is 4.50. The van der Waals surface area contributed by atoms with E-state index in [2.05, 4.69) is 16.8 Å². The fourth-order valence-corrected chi connectivity index (χ4v) is 2.18. The summed E-state index contributed by atoms with van der Waals surface area (Å²) in [6.45, 7) is 7.26. The molecule has 0 saturated carbocycles. The molecule has 90 valence electrons. The minimum Gasteiger partial charge on any atom is -0.448 e. The van der Waals surface area contributed by atoms with E-state index in [4.69, 9.17) is 4.42 Å². The van der Waals surface area contributed by atoms with Gasteiger partial charge in [-0.3, -0.25) is 0 Å². The van der Waals surface area contributed by atoms with Gasteiger partial charge in [0.05, 0.1) is 6.10 Å². The molecule has 1 aromatic rings. The number of rotatable bonds is 3. The summed E-state index contributed by atoms with van der Waals surface area (Å²) >= 11 is 0. The molecule has 1 saturated heterocycles. The van der Waals surface area contributed by atoms with E-state index in [1.807, 2.05) is 0 Å². The van der Waals surface area contributed by atoms with E-state index < -0.39 is 6.10 Å². The van der Waals surface area contributed by atoms with Gasteiger partial charge in [-0.1, -0.05) is 6.92 Å². The van der Waals surface area contributed by atoms with Crippen LogP contribution in [0.1, 0.15) is 50.3 Å². The molecule has 1 aliphatic heterocycles. The average Bonchev–Trinajstić information content (AvgIpc) is 2.78. The summed E-state index contributed by atoms with van der Waals surface area (Å²) in [5.74, 6) is 1.22. The van der Waals surface area contributed by atoms with Crippen LogP contribution >= 0.6 is 0 Å². The quantitative estimate of drug-likeness (QED) is 0.852. The Morgan fingerprint density at radius 2 is 2.25 bits per heavy atom. The molecule has 0 radical (unpaired) electrons. The molecule has 4 nitrogen and oxygen atoms in total. The Bertz CT molecular complexity index is 328. The summed E-state index contributed by atoms with van der Waals surface area (Å²) in [6, 6.07) is 0. The van der Waals surface area contributed by atoms with Gasteiger partial charge in [0.25, 0.3) is 0 Å². The van der Waals surface area contributed by atoms with Gasteiger partial charge in [-0.05, 0) is 39.4 Å². The van der Waals surface area contributed by atoms with Gasteiger partial charge in [-0.2, -0.15) is 0 Å². The molecule has 0 aliphatic carbocycles. The maximum absolute atomic E-state index is 9.38. The van der Waals surface area contributed by atoms with Crippen molar-refractivity contribution in [3.63, 3.8) is 0 Å². The first-order chi connectivity index (χ1) is 7.70. The van der Waals surface area contributed by atoms with Gasteiger partial charge in [0.1, 0.15) is 12.0 Å². The van der Waals surface area contributed by atoms with Crippen LogP contribution in [0.15, 0.2) is 10.7 Å². The third-order valence-corrected chi connectivity index (χ3v) is 3.35. The maximum Gasteiger partial charge on any atom is 0.197 e. The monoisotopic (exact) mass is 224 g/mol. The number of aliphatic hydroxyl groups is 1. The molecule has 1 aliphatic rings. The second kappa shape index (κ2) is 4.97. The van der Waals surface area contributed by atoms with Crippen molar-refractivity contribution in [2.75, 3.05) is 19.6 Å². The Morgan fingerprint density at radius 1 is 1.56 bits per heavy atom. The summed E-state index contributed by atoms with van der Waals surface area (Å²) in [5, 5.41) is 9.38. The highest BCUT2D eigenvalue weighted by Crippen LogP contribution is 2.28. The van der Waals surface area contributed by atoms with Gasteiger partial charge in [0.15, 0.2) is 5.89 Å². The maximum atomic E-state index is 9.38. The van der Waals surface area contributed by atoms with E-state index in [-0.39, 0.29) is 0 Å². The number of hydrogen-bond acceptors (Lipinski definition) is 4. The minimum absolute atomic E-state index is 0.426. The zero-order valence-electron chi connectivity index (χ0n) is 10.0. The highest BCUT2D eigenvalue weighted by atomic mass is 16.3. The summed E-state index contributed by atoms with van der Waals surface area (Å²) < 4.78 is 5.44. The Balaban J connectivity index is 1.97. The lowest BCUT2D eigenvalue weighted by Gasteiger charge is -2.29. The van der Waals surface area contributed by atoms with Crippen LogP contribution in [0.3, 0.4) is 0 Å². The molecule has 2 heterocycles. The first-order valence-corrected chi connectivity index (χ1v) is 6.06. The summed E-state index contributed by atoms with van der Waals surface area (Å²) in [4.78, 5) is 6.79. The van der Waals surface area contributed by atoms with Gasteiger partial charge >= 0.3 is 0 Å². The van der Waals surface area contributed by atoms with Gasteiger partial charge in [-0.15, -0.1) is 0 Å². The van der Waals surface area contributed by atoms with Crippen molar-refractivity contribution >= 4 is 0 Å². The van der Waals surface area contributed by atoms with Crippen LogP contribution < -0.4 is 0 Å². The molecule has 1 fully saturated rings. The van der Waals surface area contributed by atoms with E-state index in [0.717, 1.165) is 38.4 Å². The first kappa shape index (κ1) is 11.6. The smallest absolute Gasteiger partial charge is 0.197 e. The van der Waals surface area contributed by atoms with Crippen molar-refractivity contribution < 1.29 is 9.52 Å². The highest BCUT2D eigenvalue weighted by molar-refractivity contribution is 5.04. The van der Waals surface area contributed by atoms with Crippen LogP contribution in [0.5, 0.6) is 0 Å². The molecule has 16 heavy (non-hydrogen) atoms. The normalized spacial score (nSPS) is 21.2. The number of aromatic nitrogens is 1. The molecule has 0 amide bonds. The molecular formula is C12H20N2O2. The van der Waals surface area contributed by atoms with Gasteiger partial charge < -0.3 is 14.4 Å². The van der Waals surface area contributed by atoms with Crippen molar-refractivity contribution in [1.82, 2.24) is 9.88 Å². The first-order valence-electron chi connectivity index (χ1n) is 6.06. The molecule has 0 bridgehead atoms. The lowest BCUT2D eigenvalue weighted by Crippen LogP contribution is -2.32. The lowest BCUT2D eigenvalue weighted by molar-refractivity contribution is 0.194. The largest absolute Gasteiger partial charge is 0.448 e. The van der Waals surface area contributed by atoms with E-state index >= 15 is 0 Å². The Labute approximate surface area is 96.3 Å². The van der Waals surface area contributed by atoms with Crippen molar-refractivity contribution in [1.29, 1.82) is 0 Å². The van der Waals surface area contributed by atoms with Crippen LogP contribution in [0.25, 0.3) is 0 Å². The van der Waals surface area contributed by atoms with Crippen LogP contribution in [0.4, 0.5) is 0 Å². The number of piperidine rings is 1. The fraction of sp³-hybridized carbons (Fsp3) is 0.750. The molecule has 1 atom stereocenters. The fourth-order valence-electron chi connectivity index (χ4n) is 2.18. The van der Waals surface area contributed by atoms with Crippen LogP contribution in [0.2, 0.25) is 0 Å². The Hall–Kier alpha value is -0.870. The molecule has 0 spiro atoms. The molecule has 1 aromatic heterocycles. The number of hydrogen-bond donors (Lipinski definition) is 1. The molecule has 0 aromatic carbocycles. The topological polar surface area (TPSA) is 49.5 Å². The predicted octanol–water partition coefficient (Wildman–Crippen LogP) is 1.93. The van der Waals surface area contributed by atoms with Crippen LogP contribution in [-0.4, -0.2) is 34.6 Å². The molecule has 2 rings (SSSR count). The second-order valence-corrected chi connectivity index (χ2v) is 4.50.